The van der Waals surface area contributed by atoms with Gasteiger partial charge < -0.3 is 10.2 Å². The van der Waals surface area contributed by atoms with Crippen molar-refractivity contribution in [2.24, 2.45) is 5.92 Å². The molecule has 0 unspecified atom stereocenters. The number of hydrogen-bond donors (Lipinski definition) is 1. The average molecular weight is 327 g/mol. The van der Waals surface area contributed by atoms with E-state index in [1.54, 1.807) is 34.4 Å². The Kier molecular flexibility index (Phi) is 4.59. The van der Waals surface area contributed by atoms with E-state index < -0.39 is 6.04 Å². The number of rotatable bonds is 4. The number of carbonyl (C=O) groups is 2. The first-order chi connectivity index (χ1) is 11.6. The van der Waals surface area contributed by atoms with Crippen molar-refractivity contribution in [2.45, 2.75) is 26.3 Å². The first-order valence-electron chi connectivity index (χ1n) is 8.10. The zero-order valence-corrected chi connectivity index (χ0v) is 13.8. The zero-order valence-electron chi connectivity index (χ0n) is 13.8. The lowest BCUT2D eigenvalue weighted by atomic mass is 9.99. The Labute approximate surface area is 140 Å². The van der Waals surface area contributed by atoms with E-state index in [2.05, 4.69) is 15.4 Å². The van der Waals surface area contributed by atoms with Crippen LogP contribution in [0.15, 0.2) is 36.9 Å². The highest BCUT2D eigenvalue weighted by molar-refractivity contribution is 5.98. The summed E-state index contributed by atoms with van der Waals surface area (Å²) in [6.45, 7) is 5.10. The fraction of sp³-hybridized carbons (Fsp3) is 0.412. The minimum Gasteiger partial charge on any atom is -0.353 e. The molecule has 0 radical (unpaired) electrons. The number of amides is 2. The molecule has 1 saturated heterocycles. The lowest BCUT2D eigenvalue weighted by Gasteiger charge is -2.35. The van der Waals surface area contributed by atoms with Gasteiger partial charge in [0.2, 0.25) is 5.91 Å². The summed E-state index contributed by atoms with van der Waals surface area (Å²) < 4.78 is 1.64. The number of nitrogens with zero attached hydrogens (tertiary/aromatic N) is 4. The molecule has 1 aliphatic rings. The molecule has 0 saturated carbocycles. The Morgan fingerprint density at radius 2 is 2.12 bits per heavy atom. The van der Waals surface area contributed by atoms with Crippen LogP contribution in [0.3, 0.4) is 0 Å². The van der Waals surface area contributed by atoms with E-state index in [-0.39, 0.29) is 11.8 Å². The Bertz CT molecular complexity index is 726. The Morgan fingerprint density at radius 1 is 1.38 bits per heavy atom. The number of piperazine rings is 1. The second kappa shape index (κ2) is 6.82. The summed E-state index contributed by atoms with van der Waals surface area (Å²) in [5, 5.41) is 7.09. The molecule has 0 aliphatic carbocycles. The van der Waals surface area contributed by atoms with Crippen molar-refractivity contribution >= 4 is 11.8 Å². The summed E-state index contributed by atoms with van der Waals surface area (Å²) in [5.74, 6) is 0.0920. The van der Waals surface area contributed by atoms with Gasteiger partial charge in [0.15, 0.2) is 0 Å². The maximum absolute atomic E-state index is 12.9. The second-order valence-corrected chi connectivity index (χ2v) is 6.31. The van der Waals surface area contributed by atoms with Gasteiger partial charge in [0.25, 0.3) is 5.91 Å². The first kappa shape index (κ1) is 16.2. The lowest BCUT2D eigenvalue weighted by Crippen LogP contribution is -2.57. The molecule has 1 atom stereocenters. The van der Waals surface area contributed by atoms with Crippen molar-refractivity contribution in [3.63, 3.8) is 0 Å². The van der Waals surface area contributed by atoms with Crippen LogP contribution in [-0.2, 0) is 4.79 Å². The minimum atomic E-state index is -0.421. The first-order valence-corrected chi connectivity index (χ1v) is 8.10. The van der Waals surface area contributed by atoms with Crippen LogP contribution in [0.25, 0.3) is 5.69 Å². The monoisotopic (exact) mass is 327 g/mol. The van der Waals surface area contributed by atoms with Crippen LogP contribution in [0.5, 0.6) is 0 Å². The zero-order chi connectivity index (χ0) is 17.1. The fourth-order valence-electron chi connectivity index (χ4n) is 2.88. The summed E-state index contributed by atoms with van der Waals surface area (Å²) in [6.07, 6.45) is 7.23. The molecular formula is C17H21N5O2. The van der Waals surface area contributed by atoms with Crippen LogP contribution in [0.4, 0.5) is 0 Å². The summed E-state index contributed by atoms with van der Waals surface area (Å²) >= 11 is 0. The van der Waals surface area contributed by atoms with E-state index in [1.807, 2.05) is 26.0 Å². The topological polar surface area (TPSA) is 80.1 Å². The molecule has 3 rings (SSSR count). The highest BCUT2D eigenvalue weighted by Crippen LogP contribution is 2.18. The molecule has 1 aliphatic heterocycles. The highest BCUT2D eigenvalue weighted by Gasteiger charge is 2.34. The van der Waals surface area contributed by atoms with E-state index in [0.717, 1.165) is 5.69 Å². The van der Waals surface area contributed by atoms with Crippen molar-refractivity contribution < 1.29 is 9.59 Å². The largest absolute Gasteiger partial charge is 0.353 e. The quantitative estimate of drug-likeness (QED) is 0.916. The van der Waals surface area contributed by atoms with Gasteiger partial charge in [-0.3, -0.25) is 14.6 Å². The van der Waals surface area contributed by atoms with Crippen molar-refractivity contribution in [2.75, 3.05) is 13.1 Å². The van der Waals surface area contributed by atoms with Gasteiger partial charge in [-0.1, -0.05) is 13.8 Å². The van der Waals surface area contributed by atoms with Crippen LogP contribution in [0.1, 0.15) is 30.6 Å². The molecule has 0 bridgehead atoms. The van der Waals surface area contributed by atoms with Gasteiger partial charge >= 0.3 is 0 Å². The third kappa shape index (κ3) is 3.29. The standard InChI is InChI=1S/C17H21N5O2/c1-12(2)9-15-16(23)19-7-8-21(15)17(24)13-10-20-22(11-13)14-3-5-18-6-4-14/h3-6,10-12,15H,7-9H2,1-2H3,(H,19,23)/t15-/m0/s1. The van der Waals surface area contributed by atoms with Gasteiger partial charge in [0.05, 0.1) is 17.4 Å². The van der Waals surface area contributed by atoms with Crippen molar-refractivity contribution in [3.05, 3.63) is 42.5 Å². The van der Waals surface area contributed by atoms with Gasteiger partial charge in [-0.15, -0.1) is 0 Å². The Balaban J connectivity index is 1.82. The maximum atomic E-state index is 12.9. The van der Waals surface area contributed by atoms with Crippen LogP contribution in [-0.4, -0.2) is 50.6 Å². The van der Waals surface area contributed by atoms with Crippen molar-refractivity contribution in [1.29, 1.82) is 0 Å². The lowest BCUT2D eigenvalue weighted by molar-refractivity contribution is -0.128. The van der Waals surface area contributed by atoms with E-state index in [9.17, 15) is 9.59 Å². The molecule has 24 heavy (non-hydrogen) atoms. The van der Waals surface area contributed by atoms with Crippen LogP contribution in [0.2, 0.25) is 0 Å². The van der Waals surface area contributed by atoms with E-state index in [1.165, 1.54) is 0 Å². The van der Waals surface area contributed by atoms with Gasteiger partial charge in [0, 0.05) is 31.7 Å². The van der Waals surface area contributed by atoms with Crippen LogP contribution in [0, 0.1) is 5.92 Å². The van der Waals surface area contributed by atoms with Crippen molar-refractivity contribution in [1.82, 2.24) is 25.0 Å². The van der Waals surface area contributed by atoms with Gasteiger partial charge in [-0.05, 0) is 24.5 Å². The van der Waals surface area contributed by atoms with Gasteiger partial charge in [-0.2, -0.15) is 5.10 Å². The summed E-state index contributed by atoms with van der Waals surface area (Å²) in [7, 11) is 0. The molecule has 2 aromatic rings. The third-order valence-electron chi connectivity index (χ3n) is 4.04. The molecule has 7 nitrogen and oxygen atoms in total. The molecule has 1 fully saturated rings. The van der Waals surface area contributed by atoms with Crippen LogP contribution >= 0.6 is 0 Å². The summed E-state index contributed by atoms with van der Waals surface area (Å²) in [6, 6.07) is 3.21. The normalized spacial score (nSPS) is 17.9. The smallest absolute Gasteiger partial charge is 0.257 e. The summed E-state index contributed by atoms with van der Waals surface area (Å²) in [4.78, 5) is 30.7. The van der Waals surface area contributed by atoms with E-state index >= 15 is 0 Å². The Hall–Kier alpha value is -2.70. The highest BCUT2D eigenvalue weighted by atomic mass is 16.2. The van der Waals surface area contributed by atoms with Crippen molar-refractivity contribution in [3.8, 4) is 5.69 Å². The average Bonchev–Trinajstić information content (AvgIpc) is 3.06. The molecule has 0 aromatic carbocycles. The molecule has 2 amide bonds. The molecule has 2 aromatic heterocycles. The molecule has 0 spiro atoms. The molecular weight excluding hydrogens is 306 g/mol. The molecule has 7 heteroatoms. The Morgan fingerprint density at radius 3 is 2.83 bits per heavy atom. The number of aromatic nitrogens is 3. The second-order valence-electron chi connectivity index (χ2n) is 6.31. The number of pyridine rings is 1. The molecule has 1 N–H and O–H groups in total. The number of carbonyl (C=O) groups excluding carboxylic acids is 2. The number of hydrogen-bond acceptors (Lipinski definition) is 4. The predicted octanol–water partition coefficient (Wildman–Crippen LogP) is 1.25. The minimum absolute atomic E-state index is 0.0789. The maximum Gasteiger partial charge on any atom is 0.257 e. The molecule has 3 heterocycles. The van der Waals surface area contributed by atoms with E-state index in [0.29, 0.717) is 31.0 Å². The summed E-state index contributed by atoms with van der Waals surface area (Å²) in [5.41, 5.74) is 1.31. The van der Waals surface area contributed by atoms with Gasteiger partial charge in [0.1, 0.15) is 6.04 Å². The van der Waals surface area contributed by atoms with Crippen LogP contribution < -0.4 is 5.32 Å². The third-order valence-corrected chi connectivity index (χ3v) is 4.04. The SMILES string of the molecule is CC(C)C[C@H]1C(=O)NCCN1C(=O)c1cnn(-c2ccncc2)c1. The fourth-order valence-corrected chi connectivity index (χ4v) is 2.88. The van der Waals surface area contributed by atoms with Gasteiger partial charge in [-0.25, -0.2) is 4.68 Å². The molecule has 126 valence electrons. The van der Waals surface area contributed by atoms with E-state index in [4.69, 9.17) is 0 Å². The number of nitrogens with one attached hydrogen (secondary N) is 1. The predicted molar refractivity (Wildman–Crippen MR) is 88.6 cm³/mol.